The van der Waals surface area contributed by atoms with Gasteiger partial charge in [0, 0.05) is 11.6 Å². The zero-order valence-corrected chi connectivity index (χ0v) is 10.1. The number of nitrogens with one attached hydrogen (secondary N) is 1. The van der Waals surface area contributed by atoms with Gasteiger partial charge in [0.25, 0.3) is 5.91 Å². The molecule has 0 saturated heterocycles. The number of hydrogen-bond acceptors (Lipinski definition) is 4. The molecule has 1 amide bonds. The van der Waals surface area contributed by atoms with Gasteiger partial charge in [0.15, 0.2) is 0 Å². The molecule has 6 heteroatoms. The molecule has 1 heterocycles. The van der Waals surface area contributed by atoms with Crippen molar-refractivity contribution in [1.29, 1.82) is 0 Å². The van der Waals surface area contributed by atoms with Crippen LogP contribution in [0.15, 0.2) is 10.6 Å². The summed E-state index contributed by atoms with van der Waals surface area (Å²) >= 11 is 0. The van der Waals surface area contributed by atoms with Crippen LogP contribution in [-0.2, 0) is 4.79 Å². The second-order valence-electron chi connectivity index (χ2n) is 4.27. The fraction of sp³-hybridized carbons (Fsp3) is 0.545. The number of carbonyl (C=O) groups is 2. The van der Waals surface area contributed by atoms with Crippen molar-refractivity contribution < 1.29 is 19.2 Å². The molecular weight excluding hydrogens is 224 g/mol. The van der Waals surface area contributed by atoms with E-state index in [1.807, 2.05) is 6.92 Å². The van der Waals surface area contributed by atoms with Gasteiger partial charge in [0.05, 0.1) is 12.1 Å². The molecule has 6 nitrogen and oxygen atoms in total. The molecule has 0 aromatic carbocycles. The van der Waals surface area contributed by atoms with Crippen LogP contribution in [0.5, 0.6) is 0 Å². The highest BCUT2D eigenvalue weighted by molar-refractivity contribution is 5.92. The van der Waals surface area contributed by atoms with Crippen LogP contribution >= 0.6 is 0 Å². The number of aliphatic carboxylic acids is 1. The largest absolute Gasteiger partial charge is 0.481 e. The van der Waals surface area contributed by atoms with E-state index in [2.05, 4.69) is 10.5 Å². The zero-order chi connectivity index (χ0) is 13.1. The molecular formula is C11H16N2O4. The van der Waals surface area contributed by atoms with Gasteiger partial charge in [-0.05, 0) is 20.3 Å². The Morgan fingerprint density at radius 3 is 2.65 bits per heavy atom. The summed E-state index contributed by atoms with van der Waals surface area (Å²) in [6.45, 7) is 5.20. The standard InChI is InChI=1S/C11H16N2O4/c1-4-11(3,6-9(14)15)12-10(16)8-5-7(2)13-17-8/h5H,4,6H2,1-3H3,(H,12,16)(H,14,15). The zero-order valence-electron chi connectivity index (χ0n) is 10.1. The third-order valence-electron chi connectivity index (χ3n) is 2.59. The van der Waals surface area contributed by atoms with Crippen molar-refractivity contribution in [2.24, 2.45) is 0 Å². The highest BCUT2D eigenvalue weighted by atomic mass is 16.5. The van der Waals surface area contributed by atoms with E-state index >= 15 is 0 Å². The Morgan fingerprint density at radius 1 is 1.59 bits per heavy atom. The smallest absolute Gasteiger partial charge is 0.305 e. The van der Waals surface area contributed by atoms with Crippen molar-refractivity contribution in [3.63, 3.8) is 0 Å². The monoisotopic (exact) mass is 240 g/mol. The first-order valence-electron chi connectivity index (χ1n) is 5.34. The molecule has 0 aliphatic carbocycles. The number of nitrogens with zero attached hydrogens (tertiary/aromatic N) is 1. The average Bonchev–Trinajstić information content (AvgIpc) is 2.63. The Morgan fingerprint density at radius 2 is 2.24 bits per heavy atom. The third-order valence-corrected chi connectivity index (χ3v) is 2.59. The summed E-state index contributed by atoms with van der Waals surface area (Å²) in [5, 5.41) is 15.0. The number of aryl methyl sites for hydroxylation is 1. The van der Waals surface area contributed by atoms with Gasteiger partial charge in [-0.25, -0.2) is 0 Å². The van der Waals surface area contributed by atoms with E-state index in [0.29, 0.717) is 12.1 Å². The molecule has 1 aromatic rings. The van der Waals surface area contributed by atoms with Gasteiger partial charge in [0.1, 0.15) is 0 Å². The van der Waals surface area contributed by atoms with Crippen molar-refractivity contribution in [3.05, 3.63) is 17.5 Å². The number of amides is 1. The van der Waals surface area contributed by atoms with Crippen LogP contribution in [0.25, 0.3) is 0 Å². The minimum Gasteiger partial charge on any atom is -0.481 e. The molecule has 1 unspecified atom stereocenters. The van der Waals surface area contributed by atoms with Gasteiger partial charge in [-0.3, -0.25) is 9.59 Å². The van der Waals surface area contributed by atoms with Crippen LogP contribution in [0, 0.1) is 6.92 Å². The highest BCUT2D eigenvalue weighted by Crippen LogP contribution is 2.15. The second kappa shape index (κ2) is 4.99. The predicted octanol–water partition coefficient (Wildman–Crippen LogP) is 1.36. The van der Waals surface area contributed by atoms with Crippen molar-refractivity contribution in [2.45, 2.75) is 39.2 Å². The number of rotatable bonds is 5. The molecule has 0 spiro atoms. The molecule has 1 rings (SSSR count). The Balaban J connectivity index is 2.74. The lowest BCUT2D eigenvalue weighted by atomic mass is 9.94. The lowest BCUT2D eigenvalue weighted by Crippen LogP contribution is -2.46. The molecule has 0 fully saturated rings. The topological polar surface area (TPSA) is 92.4 Å². The van der Waals surface area contributed by atoms with Crippen LogP contribution in [0.1, 0.15) is 42.9 Å². The van der Waals surface area contributed by atoms with Gasteiger partial charge in [-0.15, -0.1) is 0 Å². The second-order valence-corrected chi connectivity index (χ2v) is 4.27. The first kappa shape index (κ1) is 13.2. The number of hydrogen-bond donors (Lipinski definition) is 2. The third kappa shape index (κ3) is 3.58. The van der Waals surface area contributed by atoms with Crippen LogP contribution in [0.3, 0.4) is 0 Å². The van der Waals surface area contributed by atoms with Gasteiger partial charge < -0.3 is 14.9 Å². The maximum absolute atomic E-state index is 11.8. The molecule has 17 heavy (non-hydrogen) atoms. The minimum atomic E-state index is -0.955. The molecule has 0 radical (unpaired) electrons. The Hall–Kier alpha value is -1.85. The predicted molar refractivity (Wildman–Crippen MR) is 59.7 cm³/mol. The lowest BCUT2D eigenvalue weighted by Gasteiger charge is -2.27. The van der Waals surface area contributed by atoms with E-state index in [1.165, 1.54) is 6.07 Å². The van der Waals surface area contributed by atoms with Gasteiger partial charge in [-0.2, -0.15) is 0 Å². The maximum Gasteiger partial charge on any atom is 0.305 e. The van der Waals surface area contributed by atoms with E-state index in [4.69, 9.17) is 9.63 Å². The van der Waals surface area contributed by atoms with Crippen LogP contribution in [0.2, 0.25) is 0 Å². The van der Waals surface area contributed by atoms with E-state index in [9.17, 15) is 9.59 Å². The Kier molecular flexibility index (Phi) is 3.88. The molecule has 0 bridgehead atoms. The first-order valence-corrected chi connectivity index (χ1v) is 5.34. The Bertz CT molecular complexity index is 427. The van der Waals surface area contributed by atoms with Crippen molar-refractivity contribution in [3.8, 4) is 0 Å². The van der Waals surface area contributed by atoms with Crippen LogP contribution < -0.4 is 5.32 Å². The molecule has 0 aliphatic heterocycles. The molecule has 1 atom stereocenters. The summed E-state index contributed by atoms with van der Waals surface area (Å²) in [4.78, 5) is 22.5. The first-order chi connectivity index (χ1) is 7.86. The van der Waals surface area contributed by atoms with Gasteiger partial charge in [0.2, 0.25) is 5.76 Å². The van der Waals surface area contributed by atoms with E-state index in [0.717, 1.165) is 0 Å². The van der Waals surface area contributed by atoms with Gasteiger partial charge >= 0.3 is 5.97 Å². The fourth-order valence-electron chi connectivity index (χ4n) is 1.40. The van der Waals surface area contributed by atoms with Crippen molar-refractivity contribution >= 4 is 11.9 Å². The van der Waals surface area contributed by atoms with Crippen molar-refractivity contribution in [2.75, 3.05) is 0 Å². The summed E-state index contributed by atoms with van der Waals surface area (Å²) in [7, 11) is 0. The summed E-state index contributed by atoms with van der Waals surface area (Å²) in [5.41, 5.74) is -0.185. The molecule has 2 N–H and O–H groups in total. The van der Waals surface area contributed by atoms with Crippen molar-refractivity contribution in [1.82, 2.24) is 10.5 Å². The van der Waals surface area contributed by atoms with E-state index in [1.54, 1.807) is 13.8 Å². The quantitative estimate of drug-likeness (QED) is 0.810. The van der Waals surface area contributed by atoms with Gasteiger partial charge in [-0.1, -0.05) is 12.1 Å². The number of carbonyl (C=O) groups excluding carboxylic acids is 1. The summed E-state index contributed by atoms with van der Waals surface area (Å²) < 4.78 is 4.81. The SMILES string of the molecule is CCC(C)(CC(=O)O)NC(=O)c1cc(C)no1. The van der Waals surface area contributed by atoms with E-state index in [-0.39, 0.29) is 12.2 Å². The highest BCUT2D eigenvalue weighted by Gasteiger charge is 2.29. The molecule has 0 aliphatic rings. The number of aromatic nitrogens is 1. The maximum atomic E-state index is 11.8. The Labute approximate surface area is 99.0 Å². The molecule has 0 saturated carbocycles. The van der Waals surface area contributed by atoms with Crippen LogP contribution in [0.4, 0.5) is 0 Å². The lowest BCUT2D eigenvalue weighted by molar-refractivity contribution is -0.138. The fourth-order valence-corrected chi connectivity index (χ4v) is 1.40. The normalized spacial score (nSPS) is 14.1. The summed E-state index contributed by atoms with van der Waals surface area (Å²) in [6.07, 6.45) is 0.376. The van der Waals surface area contributed by atoms with Crippen LogP contribution in [-0.4, -0.2) is 27.7 Å². The number of carboxylic acid groups (broad SMARTS) is 1. The molecule has 1 aromatic heterocycles. The summed E-state index contributed by atoms with van der Waals surface area (Å²) in [5.74, 6) is -1.31. The van der Waals surface area contributed by atoms with E-state index < -0.39 is 17.4 Å². The number of carboxylic acids is 1. The summed E-state index contributed by atoms with van der Waals surface area (Å²) in [6, 6.07) is 1.51. The minimum absolute atomic E-state index is 0.0903. The average molecular weight is 240 g/mol. The molecule has 94 valence electrons.